The molecule has 0 atom stereocenters. The van der Waals surface area contributed by atoms with Gasteiger partial charge in [0.05, 0.1) is 15.2 Å². The fourth-order valence-corrected chi connectivity index (χ4v) is 7.94. The third kappa shape index (κ3) is 2.80. The minimum atomic E-state index is -0.438. The molecule has 134 valence electrons. The summed E-state index contributed by atoms with van der Waals surface area (Å²) >= 11 is 3.55. The molecule has 0 spiro atoms. The molecule has 6 rings (SSSR count). The van der Waals surface area contributed by atoms with Crippen LogP contribution >= 0.6 is 23.5 Å². The van der Waals surface area contributed by atoms with Gasteiger partial charge in [0.2, 0.25) is 0 Å². The van der Waals surface area contributed by atoms with Crippen LogP contribution in [-0.2, 0) is 6.42 Å². The zero-order chi connectivity index (χ0) is 18.5. The van der Waals surface area contributed by atoms with Crippen molar-refractivity contribution in [3.63, 3.8) is 0 Å². The Kier molecular flexibility index (Phi) is 3.89. The van der Waals surface area contributed by atoms with Crippen LogP contribution < -0.4 is 10.4 Å². The van der Waals surface area contributed by atoms with Gasteiger partial charge in [0.25, 0.3) is 0 Å². The van der Waals surface area contributed by atoms with Crippen molar-refractivity contribution in [1.82, 2.24) is 15.0 Å². The molecule has 0 amide bonds. The van der Waals surface area contributed by atoms with Crippen LogP contribution in [0.4, 0.5) is 0 Å². The number of pyridine rings is 1. The van der Waals surface area contributed by atoms with Crippen LogP contribution in [0, 0.1) is 0 Å². The van der Waals surface area contributed by atoms with Gasteiger partial charge in [0.15, 0.2) is 0 Å². The van der Waals surface area contributed by atoms with Gasteiger partial charge in [0, 0.05) is 33.5 Å². The summed E-state index contributed by atoms with van der Waals surface area (Å²) in [6.45, 7) is 0. The lowest BCUT2D eigenvalue weighted by Crippen LogP contribution is -2.34. The molecule has 3 nitrogen and oxygen atoms in total. The lowest BCUT2D eigenvalue weighted by Gasteiger charge is -2.20. The molecule has 0 saturated carbocycles. The fourth-order valence-electron chi connectivity index (χ4n) is 3.74. The van der Waals surface area contributed by atoms with E-state index in [1.54, 1.807) is 18.1 Å². The lowest BCUT2D eigenvalue weighted by molar-refractivity contribution is 0.932. The van der Waals surface area contributed by atoms with Gasteiger partial charge >= 0.3 is 0 Å². The molecular weight excluding hydrogens is 398 g/mol. The molecule has 2 aromatic carbocycles. The first-order valence-corrected chi connectivity index (χ1v) is 12.2. The zero-order valence-electron chi connectivity index (χ0n) is 14.9. The Morgan fingerprint density at radius 1 is 0.821 bits per heavy atom. The fraction of sp³-hybridized carbons (Fsp3) is 0.0455. The summed E-state index contributed by atoms with van der Waals surface area (Å²) in [5, 5.41) is 5.23. The predicted molar refractivity (Wildman–Crippen MR) is 117 cm³/mol. The standard InChI is InChI=1S/C22H15N3S2Si/c1-2-4-19-17(3-1)26-22-20(28-19)8-7-16(25-22)13-5-6-14-9-15-11-23-12-24-21(15)27-18(14)10-13/h1-8,10-12H,9,28H2. The van der Waals surface area contributed by atoms with Crippen molar-refractivity contribution < 1.29 is 0 Å². The van der Waals surface area contributed by atoms with E-state index in [0.29, 0.717) is 0 Å². The number of hydrogen-bond acceptors (Lipinski definition) is 5. The van der Waals surface area contributed by atoms with Crippen LogP contribution in [0.1, 0.15) is 11.1 Å². The zero-order valence-corrected chi connectivity index (χ0v) is 18.0. The van der Waals surface area contributed by atoms with E-state index < -0.39 is 9.52 Å². The number of hydrogen-bond donors (Lipinski definition) is 0. The van der Waals surface area contributed by atoms with E-state index in [1.807, 2.05) is 18.0 Å². The summed E-state index contributed by atoms with van der Waals surface area (Å²) in [4.78, 5) is 16.3. The third-order valence-corrected chi connectivity index (χ3v) is 9.98. The molecule has 0 unspecified atom stereocenters. The number of nitrogens with zero attached hydrogens (tertiary/aromatic N) is 3. The molecule has 0 radical (unpaired) electrons. The average molecular weight is 414 g/mol. The first-order valence-electron chi connectivity index (χ1n) is 9.19. The molecular formula is C22H15N3S2Si. The van der Waals surface area contributed by atoms with Crippen molar-refractivity contribution in [2.24, 2.45) is 0 Å². The van der Waals surface area contributed by atoms with Crippen LogP contribution in [-0.4, -0.2) is 24.5 Å². The Labute approximate surface area is 173 Å². The van der Waals surface area contributed by atoms with Crippen molar-refractivity contribution in [2.45, 2.75) is 26.3 Å². The van der Waals surface area contributed by atoms with Gasteiger partial charge in [-0.3, -0.25) is 0 Å². The molecule has 0 N–H and O–H groups in total. The maximum absolute atomic E-state index is 5.04. The topological polar surface area (TPSA) is 38.7 Å². The number of rotatable bonds is 1. The number of benzene rings is 2. The van der Waals surface area contributed by atoms with Gasteiger partial charge < -0.3 is 0 Å². The Morgan fingerprint density at radius 2 is 1.75 bits per heavy atom. The summed E-state index contributed by atoms with van der Waals surface area (Å²) in [6, 6.07) is 19.9. The Bertz CT molecular complexity index is 1150. The Morgan fingerprint density at radius 3 is 2.75 bits per heavy atom. The van der Waals surface area contributed by atoms with Gasteiger partial charge in [0.1, 0.15) is 16.4 Å². The van der Waals surface area contributed by atoms with Crippen LogP contribution in [0.15, 0.2) is 87.0 Å². The summed E-state index contributed by atoms with van der Waals surface area (Å²) in [5.74, 6) is 0. The average Bonchev–Trinajstić information content (AvgIpc) is 2.75. The van der Waals surface area contributed by atoms with E-state index in [4.69, 9.17) is 4.98 Å². The van der Waals surface area contributed by atoms with Gasteiger partial charge in [-0.25, -0.2) is 15.0 Å². The molecule has 0 bridgehead atoms. The molecule has 4 aromatic rings. The normalized spacial score (nSPS) is 14.7. The van der Waals surface area contributed by atoms with Gasteiger partial charge in [-0.05, 0) is 34.1 Å². The second-order valence-electron chi connectivity index (χ2n) is 7.00. The summed E-state index contributed by atoms with van der Waals surface area (Å²) < 4.78 is 0. The predicted octanol–water partition coefficient (Wildman–Crippen LogP) is 3.18. The number of fused-ring (bicyclic) bond motifs is 4. The monoisotopic (exact) mass is 413 g/mol. The minimum Gasteiger partial charge on any atom is -0.244 e. The van der Waals surface area contributed by atoms with E-state index >= 15 is 0 Å². The van der Waals surface area contributed by atoms with E-state index in [-0.39, 0.29) is 0 Å². The highest BCUT2D eigenvalue weighted by molar-refractivity contribution is 8.00. The van der Waals surface area contributed by atoms with Crippen molar-refractivity contribution >= 4 is 43.4 Å². The maximum Gasteiger partial charge on any atom is 0.116 e. The molecule has 0 saturated heterocycles. The second-order valence-corrected chi connectivity index (χ2v) is 10.9. The van der Waals surface area contributed by atoms with Crippen molar-refractivity contribution in [3.05, 3.63) is 78.2 Å². The molecule has 2 aliphatic heterocycles. The van der Waals surface area contributed by atoms with Crippen molar-refractivity contribution in [2.75, 3.05) is 0 Å². The molecule has 2 aromatic heterocycles. The molecule has 2 aliphatic rings. The van der Waals surface area contributed by atoms with Gasteiger partial charge in [-0.2, -0.15) is 0 Å². The van der Waals surface area contributed by atoms with E-state index in [2.05, 4.69) is 64.6 Å². The first kappa shape index (κ1) is 16.5. The lowest BCUT2D eigenvalue weighted by atomic mass is 10.0. The maximum atomic E-state index is 5.04. The number of aromatic nitrogens is 3. The summed E-state index contributed by atoms with van der Waals surface area (Å²) in [5.41, 5.74) is 4.77. The second kappa shape index (κ2) is 6.58. The summed E-state index contributed by atoms with van der Waals surface area (Å²) in [6.07, 6.45) is 4.45. The van der Waals surface area contributed by atoms with Gasteiger partial charge in [-0.1, -0.05) is 59.9 Å². The van der Waals surface area contributed by atoms with Crippen LogP contribution in [0.5, 0.6) is 0 Å². The molecule has 4 heterocycles. The van der Waals surface area contributed by atoms with E-state index in [0.717, 1.165) is 17.1 Å². The van der Waals surface area contributed by atoms with E-state index in [1.165, 1.54) is 41.9 Å². The smallest absolute Gasteiger partial charge is 0.116 e. The van der Waals surface area contributed by atoms with E-state index in [9.17, 15) is 0 Å². The van der Waals surface area contributed by atoms with Crippen molar-refractivity contribution in [1.29, 1.82) is 0 Å². The molecule has 0 aliphatic carbocycles. The third-order valence-electron chi connectivity index (χ3n) is 5.20. The minimum absolute atomic E-state index is 0.438. The summed E-state index contributed by atoms with van der Waals surface area (Å²) in [7, 11) is -0.438. The Hall–Kier alpha value is -2.41. The molecule has 6 heteroatoms. The largest absolute Gasteiger partial charge is 0.244 e. The highest BCUT2D eigenvalue weighted by Crippen LogP contribution is 2.39. The highest BCUT2D eigenvalue weighted by atomic mass is 32.2. The van der Waals surface area contributed by atoms with Crippen molar-refractivity contribution in [3.8, 4) is 11.3 Å². The van der Waals surface area contributed by atoms with Gasteiger partial charge in [-0.15, -0.1) is 0 Å². The highest BCUT2D eigenvalue weighted by Gasteiger charge is 2.20. The molecule has 0 fully saturated rings. The molecule has 28 heavy (non-hydrogen) atoms. The first-order chi connectivity index (χ1) is 13.8. The Balaban J connectivity index is 1.36. The van der Waals surface area contributed by atoms with Crippen LogP contribution in [0.25, 0.3) is 11.3 Å². The quantitative estimate of drug-likeness (QED) is 0.306. The van der Waals surface area contributed by atoms with Crippen LogP contribution in [0.3, 0.4) is 0 Å². The van der Waals surface area contributed by atoms with Crippen LogP contribution in [0.2, 0.25) is 0 Å². The SMILES string of the molecule is c1ccc2c(c1)[SiH2]c1ccc(-c3ccc4c(c3)Sc3ncncc3C4)nc1S2.